The molecule has 0 fully saturated rings. The summed E-state index contributed by atoms with van der Waals surface area (Å²) in [5.74, 6) is 0. The zero-order valence-electron chi connectivity index (χ0n) is 9.31. The van der Waals surface area contributed by atoms with E-state index < -0.39 is 4.92 Å². The van der Waals surface area contributed by atoms with Crippen molar-refractivity contribution in [2.75, 3.05) is 49.1 Å². The molecule has 0 heterocycles. The summed E-state index contributed by atoms with van der Waals surface area (Å²) in [4.78, 5) is 8.31. The van der Waals surface area contributed by atoms with E-state index in [4.69, 9.17) is 10.1 Å². The van der Waals surface area contributed by atoms with Crippen LogP contribution in [0.1, 0.15) is 0 Å². The Hall–Kier alpha value is -0.760. The highest BCUT2D eigenvalue weighted by Gasteiger charge is 1.63. The van der Waals surface area contributed by atoms with E-state index in [2.05, 4.69) is 18.9 Å². The smallest absolute Gasteiger partial charge is 0.194 e. The Morgan fingerprint density at radius 1 is 0.929 bits per heavy atom. The second-order valence-electron chi connectivity index (χ2n) is 1.83. The molecule has 0 bridgehead atoms. The summed E-state index contributed by atoms with van der Waals surface area (Å²) >= 11 is 0. The van der Waals surface area contributed by atoms with Crippen LogP contribution < -0.4 is 0 Å². The maximum Gasteiger partial charge on any atom is 0.194 e. The second kappa shape index (κ2) is 22.8. The molecule has 0 saturated heterocycles. The lowest BCUT2D eigenvalue weighted by Gasteiger charge is -1.87. The minimum absolute atomic E-state index is 0.389. The molecule has 0 atom stereocenters. The van der Waals surface area contributed by atoms with Gasteiger partial charge in [-0.3, -0.25) is 10.1 Å². The average Bonchev–Trinajstić information content (AvgIpc) is 2.07. The van der Waals surface area contributed by atoms with Crippen molar-refractivity contribution >= 4 is 0 Å². The zero-order valence-corrected chi connectivity index (χ0v) is 9.31. The molecule has 7 heteroatoms. The molecule has 0 unspecified atom stereocenters. The molecule has 0 saturated carbocycles. The molecule has 0 aliphatic carbocycles. The minimum Gasteiger partial charge on any atom is -0.359 e. The van der Waals surface area contributed by atoms with E-state index in [1.54, 1.807) is 28.4 Å². The molecule has 0 aromatic carbocycles. The zero-order chi connectivity index (χ0) is 11.8. The van der Waals surface area contributed by atoms with Crippen LogP contribution in [0.5, 0.6) is 0 Å². The van der Waals surface area contributed by atoms with Gasteiger partial charge in [-0.2, -0.15) is 0 Å². The van der Waals surface area contributed by atoms with Crippen LogP contribution >= 0.6 is 0 Å². The maximum absolute atomic E-state index is 8.81. The molecule has 0 aliphatic rings. The number of nitrogens with zero attached hydrogens (tertiary/aromatic N) is 1. The van der Waals surface area contributed by atoms with Crippen molar-refractivity contribution in [2.45, 2.75) is 0 Å². The molecule has 14 heavy (non-hydrogen) atoms. The molecule has 0 aromatic heterocycles. The van der Waals surface area contributed by atoms with Crippen molar-refractivity contribution in [2.24, 2.45) is 0 Å². The van der Waals surface area contributed by atoms with E-state index in [1.807, 2.05) is 0 Å². The molecule has 88 valence electrons. The van der Waals surface area contributed by atoms with E-state index in [9.17, 15) is 0 Å². The van der Waals surface area contributed by atoms with Crippen LogP contribution in [0.2, 0.25) is 0 Å². The minimum atomic E-state index is -0.500. The van der Waals surface area contributed by atoms with E-state index in [0.717, 1.165) is 7.05 Å². The predicted molar refractivity (Wildman–Crippen MR) is 50.7 cm³/mol. The van der Waals surface area contributed by atoms with Crippen molar-refractivity contribution in [1.82, 2.24) is 0 Å². The number of hydrogen-bond donors (Lipinski definition) is 0. The van der Waals surface area contributed by atoms with Crippen LogP contribution in [0.4, 0.5) is 0 Å². The van der Waals surface area contributed by atoms with Gasteiger partial charge >= 0.3 is 0 Å². The predicted octanol–water partition coefficient (Wildman–Crippen LogP) is 0.366. The lowest BCUT2D eigenvalue weighted by molar-refractivity contribution is -0.445. The molecular formula is C7H19NO6. The Morgan fingerprint density at radius 3 is 1.07 bits per heavy atom. The summed E-state index contributed by atoms with van der Waals surface area (Å²) < 4.78 is 17.9. The van der Waals surface area contributed by atoms with Crippen LogP contribution in [-0.2, 0) is 18.9 Å². The third-order valence-electron chi connectivity index (χ3n) is 0.471. The summed E-state index contributed by atoms with van der Waals surface area (Å²) in [6.45, 7) is 0.778. The summed E-state index contributed by atoms with van der Waals surface area (Å²) in [7, 11) is 7.24. The van der Waals surface area contributed by atoms with Crippen molar-refractivity contribution < 1.29 is 23.9 Å². The lowest BCUT2D eigenvalue weighted by Crippen LogP contribution is -1.87. The number of hydrogen-bond acceptors (Lipinski definition) is 6. The molecule has 0 amide bonds. The third-order valence-corrected chi connectivity index (χ3v) is 0.471. The Labute approximate surface area is 84.0 Å². The van der Waals surface area contributed by atoms with Gasteiger partial charge in [0.05, 0.1) is 0 Å². The van der Waals surface area contributed by atoms with Gasteiger partial charge in [0.1, 0.15) is 13.6 Å². The fourth-order valence-electron chi connectivity index (χ4n) is 0.236. The summed E-state index contributed by atoms with van der Waals surface area (Å²) in [5, 5.41) is 8.81. The first-order valence-electron chi connectivity index (χ1n) is 3.60. The highest BCUT2D eigenvalue weighted by molar-refractivity contribution is 3.91. The standard InChI is InChI=1S/2C3H8O2.CH3NO2/c2*1-4-3-5-2;1-2(3)4/h2*3H2,1-2H3;1H3. The number of methoxy groups -OCH3 is 4. The number of rotatable bonds is 4. The van der Waals surface area contributed by atoms with Gasteiger partial charge in [-0.25, -0.2) is 0 Å². The monoisotopic (exact) mass is 213 g/mol. The second-order valence-corrected chi connectivity index (χ2v) is 1.83. The van der Waals surface area contributed by atoms with Gasteiger partial charge in [0.2, 0.25) is 0 Å². The molecule has 0 aromatic rings. The largest absolute Gasteiger partial charge is 0.359 e. The van der Waals surface area contributed by atoms with Crippen molar-refractivity contribution in [3.8, 4) is 0 Å². The molecule has 0 rings (SSSR count). The van der Waals surface area contributed by atoms with Gasteiger partial charge in [-0.15, -0.1) is 0 Å². The van der Waals surface area contributed by atoms with E-state index in [0.29, 0.717) is 13.6 Å². The quantitative estimate of drug-likeness (QED) is 0.381. The number of nitro groups is 1. The average molecular weight is 213 g/mol. The van der Waals surface area contributed by atoms with Crippen LogP contribution in [0.3, 0.4) is 0 Å². The lowest BCUT2D eigenvalue weighted by atomic mass is 11.4. The Kier molecular flexibility index (Phi) is 30.8. The summed E-state index contributed by atoms with van der Waals surface area (Å²) in [6, 6.07) is 0. The molecule has 7 nitrogen and oxygen atoms in total. The van der Waals surface area contributed by atoms with Gasteiger partial charge in [-0.05, 0) is 0 Å². The van der Waals surface area contributed by atoms with Gasteiger partial charge in [0.15, 0.2) is 7.05 Å². The maximum atomic E-state index is 8.81. The van der Waals surface area contributed by atoms with Crippen molar-refractivity contribution in [3.05, 3.63) is 10.1 Å². The van der Waals surface area contributed by atoms with Gasteiger partial charge in [0.25, 0.3) is 0 Å². The highest BCUT2D eigenvalue weighted by atomic mass is 16.7. The van der Waals surface area contributed by atoms with Crippen molar-refractivity contribution in [3.63, 3.8) is 0 Å². The van der Waals surface area contributed by atoms with Crippen LogP contribution in [-0.4, -0.2) is 54.0 Å². The fraction of sp³-hybridized carbons (Fsp3) is 1.00. The molecule has 0 radical (unpaired) electrons. The number of ether oxygens (including phenoxy) is 4. The summed E-state index contributed by atoms with van der Waals surface area (Å²) in [6.07, 6.45) is 0. The molecular weight excluding hydrogens is 194 g/mol. The normalized spacial score (nSPS) is 7.79. The topological polar surface area (TPSA) is 80.1 Å². The first-order chi connectivity index (χ1) is 6.56. The first kappa shape index (κ1) is 18.9. The Morgan fingerprint density at radius 2 is 1.07 bits per heavy atom. The van der Waals surface area contributed by atoms with Gasteiger partial charge in [-0.1, -0.05) is 0 Å². The molecule has 0 aliphatic heterocycles. The highest BCUT2D eigenvalue weighted by Crippen LogP contribution is 1.60. The molecule has 0 spiro atoms. The Balaban J connectivity index is -0.000000131. The molecule has 0 N–H and O–H groups in total. The van der Waals surface area contributed by atoms with Crippen LogP contribution in [0, 0.1) is 10.1 Å². The van der Waals surface area contributed by atoms with Crippen LogP contribution in [0.25, 0.3) is 0 Å². The van der Waals surface area contributed by atoms with Crippen LogP contribution in [0.15, 0.2) is 0 Å². The van der Waals surface area contributed by atoms with Gasteiger partial charge in [0, 0.05) is 33.4 Å². The SMILES string of the molecule is COCOC.COCOC.C[N+](=O)[O-]. The van der Waals surface area contributed by atoms with E-state index in [-0.39, 0.29) is 0 Å². The third kappa shape index (κ3) is 112. The first-order valence-corrected chi connectivity index (χ1v) is 3.60. The van der Waals surface area contributed by atoms with Crippen molar-refractivity contribution in [1.29, 1.82) is 0 Å². The van der Waals surface area contributed by atoms with Gasteiger partial charge < -0.3 is 18.9 Å². The fourth-order valence-corrected chi connectivity index (χ4v) is 0.236. The van der Waals surface area contributed by atoms with E-state index in [1.165, 1.54) is 0 Å². The summed E-state index contributed by atoms with van der Waals surface area (Å²) in [5.41, 5.74) is 0. The van der Waals surface area contributed by atoms with E-state index >= 15 is 0 Å². The Bertz CT molecular complexity index is 86.2.